The molecule has 194 valence electrons. The second-order valence-corrected chi connectivity index (χ2v) is 11.1. The van der Waals surface area contributed by atoms with Crippen molar-refractivity contribution in [3.05, 3.63) is 53.6 Å². The van der Waals surface area contributed by atoms with Crippen LogP contribution in [-0.4, -0.2) is 43.9 Å². The summed E-state index contributed by atoms with van der Waals surface area (Å²) in [5.41, 5.74) is 7.76. The predicted octanol–water partition coefficient (Wildman–Crippen LogP) is 4.76. The van der Waals surface area contributed by atoms with E-state index in [9.17, 15) is 4.79 Å². The standard InChI is InChI=1S/C16H21NO2.C13H18N2O2/c1-15(2)10-16(3,4)14(15)19-12-7-6-11(9-17)13(8-12)18-5;14-13(17)11-1-3-12(4-2-11)15-7-5-10(9-16)6-8-15/h6-8,14H,10H2,1-5H3;1-4,10,16H,5-9H2,(H2,14,17). The van der Waals surface area contributed by atoms with Gasteiger partial charge in [-0.2, -0.15) is 5.26 Å². The Bertz CT molecular complexity index is 1070. The van der Waals surface area contributed by atoms with Gasteiger partial charge in [-0.05, 0) is 61.6 Å². The average Bonchev–Trinajstić information content (AvgIpc) is 2.87. The second kappa shape index (κ2) is 11.2. The molecule has 0 spiro atoms. The van der Waals surface area contributed by atoms with Crippen LogP contribution in [0.15, 0.2) is 42.5 Å². The van der Waals surface area contributed by atoms with Gasteiger partial charge in [-0.15, -0.1) is 0 Å². The van der Waals surface area contributed by atoms with Crippen molar-refractivity contribution in [2.75, 3.05) is 31.7 Å². The molecule has 0 atom stereocenters. The van der Waals surface area contributed by atoms with Crippen LogP contribution in [0.25, 0.3) is 0 Å². The largest absolute Gasteiger partial charge is 0.495 e. The molecule has 3 N–H and O–H groups in total. The molecule has 7 nitrogen and oxygen atoms in total. The highest BCUT2D eigenvalue weighted by Crippen LogP contribution is 2.55. The molecule has 7 heteroatoms. The number of carbonyl (C=O) groups is 1. The highest BCUT2D eigenvalue weighted by molar-refractivity contribution is 5.93. The minimum Gasteiger partial charge on any atom is -0.495 e. The fraction of sp³-hybridized carbons (Fsp3) is 0.517. The normalized spacial score (nSPS) is 18.8. The van der Waals surface area contributed by atoms with Gasteiger partial charge in [0.25, 0.3) is 0 Å². The second-order valence-electron chi connectivity index (χ2n) is 11.1. The quantitative estimate of drug-likeness (QED) is 0.600. The number of piperidine rings is 1. The topological polar surface area (TPSA) is 109 Å². The molecule has 1 amide bonds. The van der Waals surface area contributed by atoms with Crippen molar-refractivity contribution in [1.29, 1.82) is 5.26 Å². The van der Waals surface area contributed by atoms with Gasteiger partial charge in [-0.25, -0.2) is 0 Å². The minimum atomic E-state index is -0.393. The average molecular weight is 494 g/mol. The lowest BCUT2D eigenvalue weighted by Crippen LogP contribution is -2.58. The molecule has 0 aromatic heterocycles. The fourth-order valence-corrected chi connectivity index (χ4v) is 5.79. The van der Waals surface area contributed by atoms with Gasteiger partial charge in [0.2, 0.25) is 5.91 Å². The van der Waals surface area contributed by atoms with Gasteiger partial charge in [-0.3, -0.25) is 4.79 Å². The van der Waals surface area contributed by atoms with Gasteiger partial charge in [0.15, 0.2) is 0 Å². The summed E-state index contributed by atoms with van der Waals surface area (Å²) < 4.78 is 11.3. The van der Waals surface area contributed by atoms with Gasteiger partial charge in [0, 0.05) is 47.8 Å². The highest BCUT2D eigenvalue weighted by atomic mass is 16.5. The van der Waals surface area contributed by atoms with E-state index >= 15 is 0 Å². The van der Waals surface area contributed by atoms with Gasteiger partial charge in [0.1, 0.15) is 23.7 Å². The zero-order valence-corrected chi connectivity index (χ0v) is 22.1. The van der Waals surface area contributed by atoms with E-state index in [1.54, 1.807) is 31.4 Å². The fourth-order valence-electron chi connectivity index (χ4n) is 5.79. The maximum Gasteiger partial charge on any atom is 0.248 e. The van der Waals surface area contributed by atoms with Gasteiger partial charge in [-0.1, -0.05) is 27.7 Å². The molecular formula is C29H39N3O4. The van der Waals surface area contributed by atoms with Crippen LogP contribution in [0.5, 0.6) is 11.5 Å². The lowest BCUT2D eigenvalue weighted by molar-refractivity contribution is -0.133. The Labute approximate surface area is 214 Å². The number of carbonyl (C=O) groups excluding carboxylic acids is 1. The number of nitrogens with two attached hydrogens (primary N) is 1. The molecule has 2 aliphatic rings. The van der Waals surface area contributed by atoms with Crippen LogP contribution in [0, 0.1) is 28.1 Å². The number of nitriles is 1. The van der Waals surface area contributed by atoms with Crippen LogP contribution >= 0.6 is 0 Å². The Morgan fingerprint density at radius 1 is 1.11 bits per heavy atom. The van der Waals surface area contributed by atoms with E-state index in [4.69, 9.17) is 25.6 Å². The zero-order chi connectivity index (χ0) is 26.5. The predicted molar refractivity (Wildman–Crippen MR) is 141 cm³/mol. The molecule has 36 heavy (non-hydrogen) atoms. The van der Waals surface area contributed by atoms with Gasteiger partial charge >= 0.3 is 0 Å². The highest BCUT2D eigenvalue weighted by Gasteiger charge is 2.54. The molecule has 1 aliphatic heterocycles. The van der Waals surface area contributed by atoms with E-state index in [-0.39, 0.29) is 23.5 Å². The third-order valence-electron chi connectivity index (χ3n) is 7.27. The third kappa shape index (κ3) is 6.30. The van der Waals surface area contributed by atoms with Crippen molar-refractivity contribution < 1.29 is 19.4 Å². The number of nitrogens with zero attached hydrogens (tertiary/aromatic N) is 2. The maximum atomic E-state index is 11.0. The zero-order valence-electron chi connectivity index (χ0n) is 22.1. The molecule has 2 aromatic carbocycles. The van der Waals surface area contributed by atoms with Crippen molar-refractivity contribution in [2.45, 2.75) is 53.1 Å². The Morgan fingerprint density at radius 2 is 1.72 bits per heavy atom. The smallest absolute Gasteiger partial charge is 0.248 e. The van der Waals surface area contributed by atoms with E-state index in [2.05, 4.69) is 38.7 Å². The van der Waals surface area contributed by atoms with Crippen LogP contribution < -0.4 is 20.1 Å². The van der Waals surface area contributed by atoms with Gasteiger partial charge < -0.3 is 25.2 Å². The molecule has 0 bridgehead atoms. The number of rotatable bonds is 6. The summed E-state index contributed by atoms with van der Waals surface area (Å²) in [7, 11) is 1.57. The summed E-state index contributed by atoms with van der Waals surface area (Å²) in [6, 6.07) is 14.9. The van der Waals surface area contributed by atoms with Crippen LogP contribution in [0.4, 0.5) is 5.69 Å². The van der Waals surface area contributed by atoms with E-state index in [0.717, 1.165) is 43.8 Å². The molecule has 4 rings (SSSR count). The number of anilines is 1. The molecule has 1 saturated carbocycles. The molecule has 0 radical (unpaired) electrons. The first-order valence-corrected chi connectivity index (χ1v) is 12.5. The van der Waals surface area contributed by atoms with Gasteiger partial charge in [0.05, 0.1) is 12.7 Å². The van der Waals surface area contributed by atoms with Crippen molar-refractivity contribution in [2.24, 2.45) is 22.5 Å². The molecule has 1 aliphatic carbocycles. The maximum absolute atomic E-state index is 11.0. The number of hydrogen-bond acceptors (Lipinski definition) is 6. The molecule has 2 aromatic rings. The Hall–Kier alpha value is -3.24. The molecular weight excluding hydrogens is 454 g/mol. The van der Waals surface area contributed by atoms with Crippen molar-refractivity contribution in [3.8, 4) is 17.6 Å². The first-order valence-electron chi connectivity index (χ1n) is 12.5. The number of hydrogen-bond donors (Lipinski definition) is 2. The van der Waals surface area contributed by atoms with Crippen LogP contribution in [-0.2, 0) is 0 Å². The SMILES string of the molecule is COc1cc(OC2C(C)(C)CC2(C)C)ccc1C#N.NC(=O)c1ccc(N2CCC(CO)CC2)cc1. The number of methoxy groups -OCH3 is 1. The van der Waals surface area contributed by atoms with Crippen LogP contribution in [0.2, 0.25) is 0 Å². The van der Waals surface area contributed by atoms with Crippen molar-refractivity contribution >= 4 is 11.6 Å². The number of benzene rings is 2. The van der Waals surface area contributed by atoms with Crippen LogP contribution in [0.1, 0.15) is 62.9 Å². The van der Waals surface area contributed by atoms with E-state index in [1.807, 2.05) is 18.2 Å². The summed E-state index contributed by atoms with van der Waals surface area (Å²) >= 11 is 0. The number of aliphatic hydroxyl groups is 1. The summed E-state index contributed by atoms with van der Waals surface area (Å²) in [5.74, 6) is 1.38. The van der Waals surface area contributed by atoms with Crippen LogP contribution in [0.3, 0.4) is 0 Å². The summed E-state index contributed by atoms with van der Waals surface area (Å²) in [6.45, 7) is 11.1. The molecule has 2 fully saturated rings. The molecule has 1 saturated heterocycles. The minimum absolute atomic E-state index is 0.178. The Balaban J connectivity index is 0.000000202. The van der Waals surface area contributed by atoms with E-state index in [1.165, 1.54) is 0 Å². The molecule has 0 unspecified atom stereocenters. The number of amides is 1. The Morgan fingerprint density at radius 3 is 2.19 bits per heavy atom. The number of primary amides is 1. The monoisotopic (exact) mass is 493 g/mol. The lowest BCUT2D eigenvalue weighted by atomic mass is 9.53. The Kier molecular flexibility index (Phi) is 8.52. The summed E-state index contributed by atoms with van der Waals surface area (Å²) in [6.07, 6.45) is 3.37. The first-order chi connectivity index (χ1) is 17.0. The van der Waals surface area contributed by atoms with Crippen molar-refractivity contribution in [1.82, 2.24) is 0 Å². The van der Waals surface area contributed by atoms with E-state index < -0.39 is 5.91 Å². The number of ether oxygens (including phenoxy) is 2. The third-order valence-corrected chi connectivity index (χ3v) is 7.27. The summed E-state index contributed by atoms with van der Waals surface area (Å²) in [4.78, 5) is 13.2. The molecule has 1 heterocycles. The number of aliphatic hydroxyl groups excluding tert-OH is 1. The lowest BCUT2D eigenvalue weighted by Gasteiger charge is -2.56. The van der Waals surface area contributed by atoms with E-state index in [0.29, 0.717) is 22.8 Å². The first kappa shape index (κ1) is 27.3. The summed E-state index contributed by atoms with van der Waals surface area (Å²) in [5, 5.41) is 18.1. The van der Waals surface area contributed by atoms with Crippen molar-refractivity contribution in [3.63, 3.8) is 0 Å².